The summed E-state index contributed by atoms with van der Waals surface area (Å²) in [5.74, 6) is -1.12. The number of nitrogens with zero attached hydrogens (tertiary/aromatic N) is 2. The second-order valence-electron chi connectivity index (χ2n) is 7.61. The molecule has 1 heterocycles. The molecule has 1 saturated heterocycles. The van der Waals surface area contributed by atoms with Crippen molar-refractivity contribution in [2.24, 2.45) is 0 Å². The predicted octanol–water partition coefficient (Wildman–Crippen LogP) is 1.76. The molecule has 2 N–H and O–H groups in total. The molecule has 1 aromatic rings. The van der Waals surface area contributed by atoms with Gasteiger partial charge in [-0.1, -0.05) is 23.2 Å². The Kier molecular flexibility index (Phi) is 10.5. The number of hydrogen-bond donors (Lipinski definition) is 2. The third kappa shape index (κ3) is 8.94. The fourth-order valence-electron chi connectivity index (χ4n) is 3.29. The van der Waals surface area contributed by atoms with E-state index in [2.05, 4.69) is 15.5 Å². The van der Waals surface area contributed by atoms with Crippen LogP contribution in [0.1, 0.15) is 25.7 Å². The second kappa shape index (κ2) is 12.6. The quantitative estimate of drug-likeness (QED) is 0.431. The number of hydrogen-bond acceptors (Lipinski definition) is 6. The Hall–Kier alpha value is -1.39. The molecule has 0 atom stereocenters. The lowest BCUT2D eigenvalue weighted by Gasteiger charge is -2.19. The summed E-state index contributed by atoms with van der Waals surface area (Å²) < 4.78 is 24.6. The van der Waals surface area contributed by atoms with Gasteiger partial charge in [0.25, 0.3) is 0 Å². The Labute approximate surface area is 194 Å². The Bertz CT molecular complexity index is 861. The second-order valence-corrected chi connectivity index (χ2v) is 10.4. The van der Waals surface area contributed by atoms with Crippen molar-refractivity contribution in [3.05, 3.63) is 28.2 Å². The molecular weight excluding hydrogens is 463 g/mol. The maximum absolute atomic E-state index is 12.3. The average Bonchev–Trinajstić information content (AvgIpc) is 3.22. The van der Waals surface area contributed by atoms with Gasteiger partial charge in [-0.2, -0.15) is 0 Å². The molecular formula is C20H30Cl2N4O4S. The molecule has 0 bridgehead atoms. The van der Waals surface area contributed by atoms with Gasteiger partial charge < -0.3 is 15.1 Å². The van der Waals surface area contributed by atoms with Crippen molar-refractivity contribution in [2.75, 3.05) is 52.2 Å². The fourth-order valence-corrected chi connectivity index (χ4v) is 5.21. The first-order valence-electron chi connectivity index (χ1n) is 10.3. The molecule has 0 unspecified atom stereocenters. The van der Waals surface area contributed by atoms with Gasteiger partial charge in [-0.25, -0.2) is 8.42 Å². The van der Waals surface area contributed by atoms with Gasteiger partial charge in [-0.05, 0) is 63.5 Å². The van der Waals surface area contributed by atoms with Gasteiger partial charge in [0.1, 0.15) is 5.88 Å². The number of nitrogens with one attached hydrogen (secondary N) is 2. The van der Waals surface area contributed by atoms with Crippen molar-refractivity contribution in [1.29, 1.82) is 0 Å². The third-order valence-electron chi connectivity index (χ3n) is 5.09. The maximum atomic E-state index is 12.3. The molecule has 1 aliphatic heterocycles. The number of likely N-dealkylation sites (tertiary alicyclic amines) is 1. The number of carbonyl (C=O) groups excluding carboxylic acids is 2. The zero-order valence-electron chi connectivity index (χ0n) is 17.7. The number of benzene rings is 1. The molecule has 2 amide bonds. The summed E-state index contributed by atoms with van der Waals surface area (Å²) >= 11 is 11.7. The number of amides is 2. The summed E-state index contributed by atoms with van der Waals surface area (Å²) in [6.07, 6.45) is 4.50. The van der Waals surface area contributed by atoms with Crippen LogP contribution in [0.3, 0.4) is 0 Å². The molecule has 0 spiro atoms. The van der Waals surface area contributed by atoms with E-state index in [0.717, 1.165) is 19.4 Å². The number of rotatable bonds is 12. The first-order valence-corrected chi connectivity index (χ1v) is 12.7. The van der Waals surface area contributed by atoms with Crippen molar-refractivity contribution < 1.29 is 18.0 Å². The highest BCUT2D eigenvalue weighted by Gasteiger charge is 2.19. The van der Waals surface area contributed by atoms with Crippen LogP contribution in [0.15, 0.2) is 23.1 Å². The molecule has 8 nitrogen and oxygen atoms in total. The van der Waals surface area contributed by atoms with Crippen LogP contribution in [0.2, 0.25) is 10.0 Å². The van der Waals surface area contributed by atoms with Crippen LogP contribution in [0.25, 0.3) is 0 Å². The maximum Gasteiger partial charge on any atom is 0.241 e. The molecule has 1 aliphatic rings. The molecule has 0 aliphatic carbocycles. The van der Waals surface area contributed by atoms with Gasteiger partial charge in [0.15, 0.2) is 9.84 Å². The Morgan fingerprint density at radius 2 is 1.84 bits per heavy atom. The minimum atomic E-state index is -3.73. The Morgan fingerprint density at radius 3 is 2.52 bits per heavy atom. The van der Waals surface area contributed by atoms with Crippen LogP contribution in [0, 0.1) is 0 Å². The van der Waals surface area contributed by atoms with Crippen molar-refractivity contribution in [3.8, 4) is 0 Å². The highest BCUT2D eigenvalue weighted by atomic mass is 35.5. The van der Waals surface area contributed by atoms with E-state index >= 15 is 0 Å². The van der Waals surface area contributed by atoms with Crippen LogP contribution in [-0.4, -0.2) is 82.2 Å². The van der Waals surface area contributed by atoms with Crippen molar-refractivity contribution in [2.45, 2.75) is 30.6 Å². The zero-order chi connectivity index (χ0) is 22.9. The minimum Gasteiger partial charge on any atom is -0.346 e. The molecule has 31 heavy (non-hydrogen) atoms. The molecule has 11 heteroatoms. The lowest BCUT2D eigenvalue weighted by atomic mass is 10.3. The van der Waals surface area contributed by atoms with Crippen LogP contribution < -0.4 is 10.6 Å². The summed E-state index contributed by atoms with van der Waals surface area (Å²) in [5.41, 5.74) is 0. The summed E-state index contributed by atoms with van der Waals surface area (Å²) in [6, 6.07) is 4.10. The van der Waals surface area contributed by atoms with E-state index in [4.69, 9.17) is 23.2 Å². The van der Waals surface area contributed by atoms with Crippen LogP contribution in [0.5, 0.6) is 0 Å². The highest BCUT2D eigenvalue weighted by molar-refractivity contribution is 7.91. The lowest BCUT2D eigenvalue weighted by Crippen LogP contribution is -2.42. The van der Waals surface area contributed by atoms with Crippen molar-refractivity contribution >= 4 is 44.9 Å². The molecule has 1 fully saturated rings. The summed E-state index contributed by atoms with van der Waals surface area (Å²) in [5, 5.41) is 5.42. The number of likely N-dealkylation sites (N-methyl/N-ethyl adjacent to an activating group) is 1. The number of carbonyl (C=O) groups is 2. The highest BCUT2D eigenvalue weighted by Crippen LogP contribution is 2.25. The van der Waals surface area contributed by atoms with Gasteiger partial charge in [0, 0.05) is 18.6 Å². The van der Waals surface area contributed by atoms with E-state index in [9.17, 15) is 18.0 Å². The van der Waals surface area contributed by atoms with Crippen LogP contribution in [-0.2, 0) is 19.4 Å². The Morgan fingerprint density at radius 1 is 1.13 bits per heavy atom. The van der Waals surface area contributed by atoms with E-state index in [0.29, 0.717) is 11.6 Å². The monoisotopic (exact) mass is 492 g/mol. The van der Waals surface area contributed by atoms with Gasteiger partial charge >= 0.3 is 0 Å². The van der Waals surface area contributed by atoms with Gasteiger partial charge in [0.05, 0.1) is 23.0 Å². The first kappa shape index (κ1) is 25.9. The topological polar surface area (TPSA) is 98.8 Å². The third-order valence-corrected chi connectivity index (χ3v) is 7.36. The average molecular weight is 493 g/mol. The normalized spacial score (nSPS) is 14.5. The van der Waals surface area contributed by atoms with Crippen molar-refractivity contribution in [1.82, 2.24) is 20.4 Å². The summed E-state index contributed by atoms with van der Waals surface area (Å²) in [6.45, 7) is 3.68. The molecule has 0 radical (unpaired) electrons. The van der Waals surface area contributed by atoms with E-state index < -0.39 is 21.6 Å². The molecule has 174 valence electrons. The largest absolute Gasteiger partial charge is 0.346 e. The number of sulfone groups is 1. The number of unbranched alkanes of at least 4 members (excludes halogenated alkanes) is 1. The van der Waals surface area contributed by atoms with Gasteiger partial charge in [0.2, 0.25) is 11.8 Å². The van der Waals surface area contributed by atoms with Crippen LogP contribution >= 0.6 is 23.2 Å². The summed E-state index contributed by atoms with van der Waals surface area (Å²) in [4.78, 5) is 28.0. The minimum absolute atomic E-state index is 0.0211. The van der Waals surface area contributed by atoms with Crippen LogP contribution in [0.4, 0.5) is 0 Å². The van der Waals surface area contributed by atoms with E-state index in [1.165, 1.54) is 44.1 Å². The van der Waals surface area contributed by atoms with E-state index in [1.807, 2.05) is 0 Å². The number of halogens is 2. The van der Waals surface area contributed by atoms with E-state index in [-0.39, 0.29) is 28.9 Å². The lowest BCUT2D eigenvalue weighted by molar-refractivity contribution is -0.131. The smallest absolute Gasteiger partial charge is 0.241 e. The summed E-state index contributed by atoms with van der Waals surface area (Å²) in [7, 11) is -2.01. The molecule has 2 rings (SSSR count). The molecule has 0 aromatic heterocycles. The molecule has 0 saturated carbocycles. The molecule has 1 aromatic carbocycles. The Balaban J connectivity index is 1.62. The zero-order valence-corrected chi connectivity index (χ0v) is 20.0. The van der Waals surface area contributed by atoms with Gasteiger partial charge in [-0.15, -0.1) is 0 Å². The SMILES string of the molecule is CN(CCCCN1CCCC1)C(=O)CNC(=O)CNCS(=O)(=O)c1ccc(Cl)cc1Cl. The first-order chi connectivity index (χ1) is 14.7. The van der Waals surface area contributed by atoms with Gasteiger partial charge in [-0.3, -0.25) is 14.9 Å². The fraction of sp³-hybridized carbons (Fsp3) is 0.600. The van der Waals surface area contributed by atoms with Crippen molar-refractivity contribution in [3.63, 3.8) is 0 Å². The standard InChI is InChI=1S/C20H30Cl2N4O4S/c1-25(8-2-3-9-26-10-4-5-11-26)20(28)14-24-19(27)13-23-15-31(29,30)18-7-6-16(21)12-17(18)22/h6-7,12,23H,2-5,8-11,13-15H2,1H3,(H,24,27). The van der Waals surface area contributed by atoms with E-state index in [1.54, 1.807) is 11.9 Å². The predicted molar refractivity (Wildman–Crippen MR) is 122 cm³/mol.